The van der Waals surface area contributed by atoms with Gasteiger partial charge in [0.15, 0.2) is 0 Å². The molecule has 0 atom stereocenters. The van der Waals surface area contributed by atoms with Gasteiger partial charge in [-0.2, -0.15) is 5.10 Å². The van der Waals surface area contributed by atoms with E-state index in [4.69, 9.17) is 0 Å². The molecule has 1 aromatic heterocycles. The Balaban J connectivity index is 1.67. The number of benzene rings is 1. The predicted octanol–water partition coefficient (Wildman–Crippen LogP) is 1.44. The van der Waals surface area contributed by atoms with E-state index in [0.29, 0.717) is 0 Å². The molecule has 1 saturated heterocycles. The van der Waals surface area contributed by atoms with Crippen molar-refractivity contribution in [3.8, 4) is 5.69 Å². The highest BCUT2D eigenvalue weighted by atomic mass is 32.2. The SMILES string of the molecule is O=S1CCN(Cc2cnn(-c3ccccc3)c2)CC1. The zero-order valence-electron chi connectivity index (χ0n) is 10.7. The van der Waals surface area contributed by atoms with Crippen LogP contribution in [0.4, 0.5) is 0 Å². The largest absolute Gasteiger partial charge is 0.297 e. The average molecular weight is 275 g/mol. The van der Waals surface area contributed by atoms with Crippen molar-refractivity contribution in [3.63, 3.8) is 0 Å². The molecule has 100 valence electrons. The third kappa shape index (κ3) is 3.11. The summed E-state index contributed by atoms with van der Waals surface area (Å²) in [4.78, 5) is 2.34. The van der Waals surface area contributed by atoms with Gasteiger partial charge in [-0.05, 0) is 12.1 Å². The molecule has 1 fully saturated rings. The molecule has 0 N–H and O–H groups in total. The summed E-state index contributed by atoms with van der Waals surface area (Å²) in [6.45, 7) is 2.73. The Morgan fingerprint density at radius 2 is 1.89 bits per heavy atom. The molecule has 1 aromatic carbocycles. The molecule has 0 bridgehead atoms. The van der Waals surface area contributed by atoms with Crippen molar-refractivity contribution in [2.45, 2.75) is 6.54 Å². The number of nitrogens with zero attached hydrogens (tertiary/aromatic N) is 3. The molecular weight excluding hydrogens is 258 g/mol. The maximum Gasteiger partial charge on any atom is 0.0645 e. The van der Waals surface area contributed by atoms with Crippen LogP contribution in [0.25, 0.3) is 5.69 Å². The number of hydrogen-bond acceptors (Lipinski definition) is 3. The molecule has 1 aliphatic heterocycles. The molecule has 1 aliphatic rings. The minimum absolute atomic E-state index is 0.606. The van der Waals surface area contributed by atoms with Crippen molar-refractivity contribution < 1.29 is 4.21 Å². The van der Waals surface area contributed by atoms with Gasteiger partial charge in [0.2, 0.25) is 0 Å². The van der Waals surface area contributed by atoms with Crippen molar-refractivity contribution >= 4 is 10.8 Å². The molecule has 0 saturated carbocycles. The van der Waals surface area contributed by atoms with E-state index in [0.717, 1.165) is 36.8 Å². The van der Waals surface area contributed by atoms with E-state index >= 15 is 0 Å². The fraction of sp³-hybridized carbons (Fsp3) is 0.357. The molecule has 0 radical (unpaired) electrons. The lowest BCUT2D eigenvalue weighted by Crippen LogP contribution is -2.37. The fourth-order valence-corrected chi connectivity index (χ4v) is 3.38. The molecule has 19 heavy (non-hydrogen) atoms. The predicted molar refractivity (Wildman–Crippen MR) is 76.7 cm³/mol. The van der Waals surface area contributed by atoms with Crippen molar-refractivity contribution in [2.75, 3.05) is 24.6 Å². The highest BCUT2D eigenvalue weighted by molar-refractivity contribution is 7.85. The fourth-order valence-electron chi connectivity index (χ4n) is 2.26. The lowest BCUT2D eigenvalue weighted by atomic mass is 10.3. The molecule has 2 heterocycles. The van der Waals surface area contributed by atoms with Crippen LogP contribution >= 0.6 is 0 Å². The van der Waals surface area contributed by atoms with Gasteiger partial charge in [0.05, 0.1) is 11.9 Å². The van der Waals surface area contributed by atoms with Gasteiger partial charge >= 0.3 is 0 Å². The maximum absolute atomic E-state index is 11.3. The molecule has 0 spiro atoms. The number of aromatic nitrogens is 2. The third-order valence-electron chi connectivity index (χ3n) is 3.33. The molecule has 2 aromatic rings. The Labute approximate surface area is 115 Å². The lowest BCUT2D eigenvalue weighted by Gasteiger charge is -2.25. The van der Waals surface area contributed by atoms with Crippen LogP contribution in [0.15, 0.2) is 42.7 Å². The van der Waals surface area contributed by atoms with Crippen LogP contribution < -0.4 is 0 Å². The Morgan fingerprint density at radius 3 is 2.63 bits per heavy atom. The van der Waals surface area contributed by atoms with Gasteiger partial charge in [-0.15, -0.1) is 0 Å². The van der Waals surface area contributed by atoms with Gasteiger partial charge in [0.1, 0.15) is 0 Å². The normalized spacial score (nSPS) is 17.7. The molecule has 3 rings (SSSR count). The molecule has 0 aliphatic carbocycles. The van der Waals surface area contributed by atoms with Crippen molar-refractivity contribution in [2.24, 2.45) is 0 Å². The summed E-state index contributed by atoms with van der Waals surface area (Å²) in [7, 11) is -0.606. The van der Waals surface area contributed by atoms with Crippen LogP contribution in [0, 0.1) is 0 Å². The molecule has 0 amide bonds. The van der Waals surface area contributed by atoms with Crippen molar-refractivity contribution in [1.82, 2.24) is 14.7 Å². The minimum atomic E-state index is -0.606. The second kappa shape index (κ2) is 5.67. The van der Waals surface area contributed by atoms with Crippen LogP contribution in [0.2, 0.25) is 0 Å². The minimum Gasteiger partial charge on any atom is -0.297 e. The number of rotatable bonds is 3. The summed E-state index contributed by atoms with van der Waals surface area (Å²) in [5.74, 6) is 1.60. The van der Waals surface area contributed by atoms with Crippen LogP contribution in [-0.4, -0.2) is 43.5 Å². The van der Waals surface area contributed by atoms with E-state index in [9.17, 15) is 4.21 Å². The van der Waals surface area contributed by atoms with E-state index < -0.39 is 10.8 Å². The molecule has 0 unspecified atom stereocenters. The third-order valence-corrected chi connectivity index (χ3v) is 4.61. The summed E-state index contributed by atoms with van der Waals surface area (Å²) in [6, 6.07) is 10.1. The van der Waals surface area contributed by atoms with Gasteiger partial charge in [-0.3, -0.25) is 9.11 Å². The molecular formula is C14H17N3OS. The number of para-hydroxylation sites is 1. The quantitative estimate of drug-likeness (QED) is 0.850. The lowest BCUT2D eigenvalue weighted by molar-refractivity contribution is 0.291. The van der Waals surface area contributed by atoms with Crippen molar-refractivity contribution in [3.05, 3.63) is 48.3 Å². The van der Waals surface area contributed by atoms with E-state index in [2.05, 4.69) is 16.2 Å². The average Bonchev–Trinajstić information content (AvgIpc) is 2.91. The second-order valence-corrected chi connectivity index (χ2v) is 6.45. The van der Waals surface area contributed by atoms with Crippen LogP contribution in [0.5, 0.6) is 0 Å². The summed E-state index contributed by atoms with van der Waals surface area (Å²) in [5, 5.41) is 4.40. The molecule has 4 nitrogen and oxygen atoms in total. The van der Waals surface area contributed by atoms with E-state index in [1.165, 1.54) is 5.56 Å². The van der Waals surface area contributed by atoms with Crippen molar-refractivity contribution in [1.29, 1.82) is 0 Å². The monoisotopic (exact) mass is 275 g/mol. The summed E-state index contributed by atoms with van der Waals surface area (Å²) >= 11 is 0. The standard InChI is InChI=1S/C14H17N3OS/c18-19-8-6-16(7-9-19)11-13-10-15-17(12-13)14-4-2-1-3-5-14/h1-5,10,12H,6-9,11H2. The highest BCUT2D eigenvalue weighted by Crippen LogP contribution is 2.11. The summed E-state index contributed by atoms with van der Waals surface area (Å²) in [5.41, 5.74) is 2.28. The first-order chi connectivity index (χ1) is 9.31. The maximum atomic E-state index is 11.3. The highest BCUT2D eigenvalue weighted by Gasteiger charge is 2.15. The van der Waals surface area contributed by atoms with Gasteiger partial charge in [-0.25, -0.2) is 4.68 Å². The topological polar surface area (TPSA) is 38.1 Å². The first-order valence-electron chi connectivity index (χ1n) is 6.47. The first kappa shape index (κ1) is 12.6. The number of hydrogen-bond donors (Lipinski definition) is 0. The Kier molecular flexibility index (Phi) is 3.75. The van der Waals surface area contributed by atoms with Gasteiger partial charge in [0.25, 0.3) is 0 Å². The van der Waals surface area contributed by atoms with Crippen LogP contribution in [0.1, 0.15) is 5.56 Å². The van der Waals surface area contributed by atoms with Gasteiger partial charge < -0.3 is 0 Å². The molecule has 5 heteroatoms. The van der Waals surface area contributed by atoms with Gasteiger partial charge in [0, 0.05) is 53.7 Å². The zero-order chi connectivity index (χ0) is 13.1. The van der Waals surface area contributed by atoms with Crippen LogP contribution in [0.3, 0.4) is 0 Å². The summed E-state index contributed by atoms with van der Waals surface area (Å²) in [6.07, 6.45) is 3.99. The van der Waals surface area contributed by atoms with E-state index in [-0.39, 0.29) is 0 Å². The Bertz CT molecular complexity index is 557. The van der Waals surface area contributed by atoms with Gasteiger partial charge in [-0.1, -0.05) is 18.2 Å². The van der Waals surface area contributed by atoms with E-state index in [1.54, 1.807) is 0 Å². The van der Waals surface area contributed by atoms with Crippen LogP contribution in [-0.2, 0) is 17.3 Å². The Morgan fingerprint density at radius 1 is 1.16 bits per heavy atom. The first-order valence-corrected chi connectivity index (χ1v) is 7.96. The zero-order valence-corrected chi connectivity index (χ0v) is 11.6. The van der Waals surface area contributed by atoms with E-state index in [1.807, 2.05) is 41.2 Å². The second-order valence-electron chi connectivity index (χ2n) is 4.75. The Hall–Kier alpha value is -1.46. The summed E-state index contributed by atoms with van der Waals surface area (Å²) < 4.78 is 13.2. The smallest absolute Gasteiger partial charge is 0.0645 e.